The lowest BCUT2D eigenvalue weighted by Gasteiger charge is -2.22. The zero-order valence-corrected chi connectivity index (χ0v) is 10.2. The second kappa shape index (κ2) is 6.63. The quantitative estimate of drug-likeness (QED) is 0.711. The number of ether oxygens (including phenoxy) is 1. The molecule has 90 valence electrons. The molecule has 2 N–H and O–H groups in total. The van der Waals surface area contributed by atoms with Crippen molar-refractivity contribution in [2.75, 3.05) is 7.05 Å². The minimum absolute atomic E-state index is 0. The van der Waals surface area contributed by atoms with Crippen molar-refractivity contribution in [1.82, 2.24) is 5.32 Å². The summed E-state index contributed by atoms with van der Waals surface area (Å²) in [5.74, 6) is -1.57. The molecule has 0 aromatic heterocycles. The van der Waals surface area contributed by atoms with Gasteiger partial charge < -0.3 is 15.2 Å². The molecule has 0 saturated heterocycles. The van der Waals surface area contributed by atoms with E-state index in [1.807, 2.05) is 0 Å². The number of hydrogen-bond donors (Lipinski definition) is 2. The van der Waals surface area contributed by atoms with Gasteiger partial charge in [0.05, 0.1) is 6.42 Å². The largest absolute Gasteiger partial charge is 0.481 e. The molecule has 0 rings (SSSR count). The van der Waals surface area contributed by atoms with Crippen LogP contribution in [0.25, 0.3) is 0 Å². The van der Waals surface area contributed by atoms with Crippen molar-refractivity contribution in [1.29, 1.82) is 0 Å². The summed E-state index contributed by atoms with van der Waals surface area (Å²) in [6.45, 7) is 5.20. The Bertz CT molecular complexity index is 225. The standard InChI is InChI=1S/C9H17NO4.ClH/c1-9(2,3)14-8(13)6(10-4)5-7(11)12;/h6,10H,5H2,1-4H3,(H,11,12);1H/t6-;/m0./s1. The number of carbonyl (C=O) groups is 2. The molecule has 0 radical (unpaired) electrons. The van der Waals surface area contributed by atoms with Crippen molar-refractivity contribution >= 4 is 24.3 Å². The van der Waals surface area contributed by atoms with Crippen molar-refractivity contribution in [2.24, 2.45) is 0 Å². The minimum Gasteiger partial charge on any atom is -0.481 e. The van der Waals surface area contributed by atoms with Crippen LogP contribution in [0.1, 0.15) is 27.2 Å². The molecule has 6 heteroatoms. The van der Waals surface area contributed by atoms with Crippen molar-refractivity contribution < 1.29 is 19.4 Å². The van der Waals surface area contributed by atoms with Gasteiger partial charge in [0.1, 0.15) is 11.6 Å². The molecule has 0 amide bonds. The fourth-order valence-corrected chi connectivity index (χ4v) is 0.851. The van der Waals surface area contributed by atoms with Crippen molar-refractivity contribution in [3.63, 3.8) is 0 Å². The van der Waals surface area contributed by atoms with Gasteiger partial charge in [-0.3, -0.25) is 9.59 Å². The van der Waals surface area contributed by atoms with Crippen LogP contribution in [0.5, 0.6) is 0 Å². The predicted octanol–water partition coefficient (Wildman–Crippen LogP) is 0.813. The van der Waals surface area contributed by atoms with Crippen LogP contribution < -0.4 is 5.32 Å². The number of aliphatic carboxylic acids is 1. The van der Waals surface area contributed by atoms with Gasteiger partial charge in [0.25, 0.3) is 0 Å². The molecule has 0 aromatic carbocycles. The van der Waals surface area contributed by atoms with Gasteiger partial charge in [0.2, 0.25) is 0 Å². The Balaban J connectivity index is 0. The molecule has 0 bridgehead atoms. The maximum absolute atomic E-state index is 11.4. The average molecular weight is 240 g/mol. The number of esters is 1. The molecule has 0 saturated carbocycles. The van der Waals surface area contributed by atoms with E-state index in [4.69, 9.17) is 9.84 Å². The number of rotatable bonds is 4. The molecule has 1 atom stereocenters. The van der Waals surface area contributed by atoms with E-state index < -0.39 is 23.6 Å². The van der Waals surface area contributed by atoms with E-state index in [-0.39, 0.29) is 18.8 Å². The van der Waals surface area contributed by atoms with Gasteiger partial charge in [-0.1, -0.05) is 0 Å². The molecule has 0 aromatic rings. The van der Waals surface area contributed by atoms with Gasteiger partial charge in [0, 0.05) is 0 Å². The van der Waals surface area contributed by atoms with Crippen LogP contribution in [0.4, 0.5) is 0 Å². The molecular formula is C9H18ClNO4. The first-order chi connectivity index (χ1) is 6.26. The van der Waals surface area contributed by atoms with Crippen molar-refractivity contribution in [2.45, 2.75) is 38.8 Å². The van der Waals surface area contributed by atoms with Gasteiger partial charge in [-0.25, -0.2) is 0 Å². The summed E-state index contributed by atoms with van der Waals surface area (Å²) < 4.78 is 5.03. The van der Waals surface area contributed by atoms with Crippen LogP contribution in [0.3, 0.4) is 0 Å². The van der Waals surface area contributed by atoms with E-state index in [2.05, 4.69) is 5.32 Å². The third-order valence-corrected chi connectivity index (χ3v) is 1.42. The molecule has 0 aliphatic carbocycles. The first kappa shape index (κ1) is 16.6. The second-order valence-electron chi connectivity index (χ2n) is 3.97. The lowest BCUT2D eigenvalue weighted by Crippen LogP contribution is -2.40. The molecular weight excluding hydrogens is 222 g/mol. The van der Waals surface area contributed by atoms with E-state index >= 15 is 0 Å². The van der Waals surface area contributed by atoms with Gasteiger partial charge >= 0.3 is 11.9 Å². The maximum atomic E-state index is 11.4. The Labute approximate surface area is 95.6 Å². The predicted molar refractivity (Wildman–Crippen MR) is 58.2 cm³/mol. The van der Waals surface area contributed by atoms with Crippen LogP contribution in [-0.4, -0.2) is 35.7 Å². The smallest absolute Gasteiger partial charge is 0.324 e. The van der Waals surface area contributed by atoms with Crippen LogP contribution in [-0.2, 0) is 14.3 Å². The molecule has 5 nitrogen and oxygen atoms in total. The van der Waals surface area contributed by atoms with Crippen LogP contribution in [0.15, 0.2) is 0 Å². The molecule has 0 heterocycles. The fourth-order valence-electron chi connectivity index (χ4n) is 0.851. The van der Waals surface area contributed by atoms with E-state index in [1.54, 1.807) is 20.8 Å². The third kappa shape index (κ3) is 8.20. The van der Waals surface area contributed by atoms with Crippen LogP contribution in [0.2, 0.25) is 0 Å². The Morgan fingerprint density at radius 2 is 1.87 bits per heavy atom. The van der Waals surface area contributed by atoms with Gasteiger partial charge in [0.15, 0.2) is 0 Å². The Kier molecular flexibility index (Phi) is 7.35. The second-order valence-corrected chi connectivity index (χ2v) is 3.97. The van der Waals surface area contributed by atoms with E-state index in [0.717, 1.165) is 0 Å². The molecule has 0 aliphatic heterocycles. The summed E-state index contributed by atoms with van der Waals surface area (Å²) in [6.07, 6.45) is -0.272. The number of nitrogens with one attached hydrogen (secondary N) is 1. The zero-order valence-electron chi connectivity index (χ0n) is 9.36. The number of likely N-dealkylation sites (N-methyl/N-ethyl adjacent to an activating group) is 1. The lowest BCUT2D eigenvalue weighted by molar-refractivity contribution is -0.159. The average Bonchev–Trinajstić information content (AvgIpc) is 1.96. The molecule has 0 fully saturated rings. The normalized spacial score (nSPS) is 12.5. The lowest BCUT2D eigenvalue weighted by atomic mass is 10.1. The number of carbonyl (C=O) groups excluding carboxylic acids is 1. The topological polar surface area (TPSA) is 75.6 Å². The zero-order chi connectivity index (χ0) is 11.4. The first-order valence-corrected chi connectivity index (χ1v) is 4.38. The highest BCUT2D eigenvalue weighted by atomic mass is 35.5. The number of halogens is 1. The highest BCUT2D eigenvalue weighted by Gasteiger charge is 2.25. The Hall–Kier alpha value is -0.810. The number of carboxylic acids is 1. The van der Waals surface area contributed by atoms with E-state index in [0.29, 0.717) is 0 Å². The van der Waals surface area contributed by atoms with Gasteiger partial charge in [-0.15, -0.1) is 12.4 Å². The first-order valence-electron chi connectivity index (χ1n) is 4.38. The third-order valence-electron chi connectivity index (χ3n) is 1.42. The Morgan fingerprint density at radius 1 is 1.40 bits per heavy atom. The van der Waals surface area contributed by atoms with E-state index in [9.17, 15) is 9.59 Å². The van der Waals surface area contributed by atoms with Gasteiger partial charge in [-0.2, -0.15) is 0 Å². The van der Waals surface area contributed by atoms with Crippen LogP contribution >= 0.6 is 12.4 Å². The highest BCUT2D eigenvalue weighted by molar-refractivity contribution is 5.85. The summed E-state index contributed by atoms with van der Waals surface area (Å²) in [4.78, 5) is 21.8. The fraction of sp³-hybridized carbons (Fsp3) is 0.778. The van der Waals surface area contributed by atoms with Crippen molar-refractivity contribution in [3.05, 3.63) is 0 Å². The molecule has 0 spiro atoms. The summed E-state index contributed by atoms with van der Waals surface area (Å²) >= 11 is 0. The minimum atomic E-state index is -1.03. The number of hydrogen-bond acceptors (Lipinski definition) is 4. The molecule has 15 heavy (non-hydrogen) atoms. The number of carboxylic acid groups (broad SMARTS) is 1. The van der Waals surface area contributed by atoms with E-state index in [1.165, 1.54) is 7.05 Å². The monoisotopic (exact) mass is 239 g/mol. The highest BCUT2D eigenvalue weighted by Crippen LogP contribution is 2.09. The summed E-state index contributed by atoms with van der Waals surface area (Å²) in [5, 5.41) is 11.1. The van der Waals surface area contributed by atoms with Crippen molar-refractivity contribution in [3.8, 4) is 0 Å². The summed E-state index contributed by atoms with van der Waals surface area (Å²) in [5.41, 5.74) is -0.593. The maximum Gasteiger partial charge on any atom is 0.324 e. The summed E-state index contributed by atoms with van der Waals surface area (Å²) in [6, 6.07) is -0.785. The summed E-state index contributed by atoms with van der Waals surface area (Å²) in [7, 11) is 1.53. The SMILES string of the molecule is CN[C@@H](CC(=O)O)C(=O)OC(C)(C)C.Cl. The molecule has 0 aliphatic rings. The molecule has 0 unspecified atom stereocenters. The Morgan fingerprint density at radius 3 is 2.13 bits per heavy atom. The van der Waals surface area contributed by atoms with Gasteiger partial charge in [-0.05, 0) is 27.8 Å². The van der Waals surface area contributed by atoms with Crippen LogP contribution in [0, 0.1) is 0 Å².